The fourth-order valence-electron chi connectivity index (χ4n) is 3.37. The highest BCUT2D eigenvalue weighted by Gasteiger charge is 2.29. The average Bonchev–Trinajstić information content (AvgIpc) is 2.77. The van der Waals surface area contributed by atoms with Crippen molar-refractivity contribution in [2.75, 3.05) is 37.6 Å². The molecule has 1 aliphatic heterocycles. The largest absolute Gasteiger partial charge is 0.416 e. The van der Waals surface area contributed by atoms with Crippen LogP contribution in [0.2, 0.25) is 0 Å². The Hall–Kier alpha value is -2.50. The Bertz CT molecular complexity index is 917. The van der Waals surface area contributed by atoms with Crippen molar-refractivity contribution < 1.29 is 18.0 Å². The van der Waals surface area contributed by atoms with Crippen molar-refractivity contribution in [3.63, 3.8) is 0 Å². The smallest absolute Gasteiger partial charge is 0.360 e. The first-order valence-corrected chi connectivity index (χ1v) is 10.6. The van der Waals surface area contributed by atoms with Crippen LogP contribution in [0.3, 0.4) is 0 Å². The van der Waals surface area contributed by atoms with Crippen LogP contribution in [0.15, 0.2) is 53.5 Å². The molecular formula is C23H29F3IN5O. The number of benzene rings is 2. The molecule has 0 spiro atoms. The number of hydrogen-bond acceptors (Lipinski definition) is 3. The maximum absolute atomic E-state index is 12.7. The van der Waals surface area contributed by atoms with E-state index in [1.165, 1.54) is 12.1 Å². The van der Waals surface area contributed by atoms with Crippen molar-refractivity contribution in [3.05, 3.63) is 65.2 Å². The van der Waals surface area contributed by atoms with Gasteiger partial charge in [0.2, 0.25) is 5.91 Å². The van der Waals surface area contributed by atoms with Gasteiger partial charge in [-0.05, 0) is 48.7 Å². The van der Waals surface area contributed by atoms with Gasteiger partial charge in [-0.3, -0.25) is 4.79 Å². The number of nitrogens with one attached hydrogen (secondary N) is 3. The van der Waals surface area contributed by atoms with Gasteiger partial charge >= 0.3 is 6.18 Å². The normalized spacial score (nSPS) is 14.4. The van der Waals surface area contributed by atoms with Gasteiger partial charge in [0.05, 0.1) is 18.7 Å². The van der Waals surface area contributed by atoms with Crippen molar-refractivity contribution in [1.29, 1.82) is 0 Å². The number of carbonyl (C=O) groups excluding carboxylic acids is 1. The molecule has 0 aliphatic carbocycles. The van der Waals surface area contributed by atoms with Gasteiger partial charge in [-0.25, -0.2) is 4.99 Å². The molecule has 3 rings (SSSR count). The molecule has 10 heteroatoms. The van der Waals surface area contributed by atoms with Crippen molar-refractivity contribution in [2.45, 2.75) is 26.1 Å². The van der Waals surface area contributed by atoms with E-state index in [1.54, 1.807) is 0 Å². The van der Waals surface area contributed by atoms with Gasteiger partial charge in [-0.15, -0.1) is 24.0 Å². The van der Waals surface area contributed by atoms with Gasteiger partial charge in [0.25, 0.3) is 0 Å². The van der Waals surface area contributed by atoms with Crippen LogP contribution in [0.4, 0.5) is 18.9 Å². The predicted octanol–water partition coefficient (Wildman–Crippen LogP) is 3.56. The number of guanidine groups is 1. The number of amides is 1. The third-order valence-corrected chi connectivity index (χ3v) is 5.09. The van der Waals surface area contributed by atoms with E-state index in [1.807, 2.05) is 36.1 Å². The molecule has 180 valence electrons. The Labute approximate surface area is 209 Å². The van der Waals surface area contributed by atoms with Crippen molar-refractivity contribution >= 4 is 41.5 Å². The molecule has 2 aromatic carbocycles. The number of anilines is 1. The van der Waals surface area contributed by atoms with Gasteiger partial charge in [0.15, 0.2) is 5.96 Å². The highest BCUT2D eigenvalue weighted by atomic mass is 127. The second kappa shape index (κ2) is 12.7. The fourth-order valence-corrected chi connectivity index (χ4v) is 3.37. The van der Waals surface area contributed by atoms with Crippen molar-refractivity contribution in [3.8, 4) is 0 Å². The molecule has 0 saturated carbocycles. The third-order valence-electron chi connectivity index (χ3n) is 5.09. The topological polar surface area (TPSA) is 68.8 Å². The fraction of sp³-hybridized carbons (Fsp3) is 0.391. The molecule has 0 bridgehead atoms. The number of hydrogen-bond donors (Lipinski definition) is 3. The lowest BCUT2D eigenvalue weighted by molar-refractivity contribution is -0.137. The zero-order valence-corrected chi connectivity index (χ0v) is 20.7. The lowest BCUT2D eigenvalue weighted by Crippen LogP contribution is -2.47. The molecule has 6 nitrogen and oxygen atoms in total. The first-order chi connectivity index (χ1) is 15.3. The molecule has 1 saturated heterocycles. The molecule has 0 unspecified atom stereocenters. The van der Waals surface area contributed by atoms with E-state index in [2.05, 4.69) is 20.9 Å². The summed E-state index contributed by atoms with van der Waals surface area (Å²) in [5.74, 6) is 0.679. The quantitative estimate of drug-likeness (QED) is 0.269. The van der Waals surface area contributed by atoms with Crippen LogP contribution in [0.1, 0.15) is 23.6 Å². The second-order valence-corrected chi connectivity index (χ2v) is 7.50. The van der Waals surface area contributed by atoms with E-state index < -0.39 is 11.7 Å². The standard InChI is InChI=1S/C23H28F3N5O.HI/c1-2-27-22(29-12-11-17-3-7-19(8-4-17)23(24,25)26)30-15-18-5-9-20(10-6-18)31-14-13-28-21(32)16-31;/h3-10H,2,11-16H2,1H3,(H,28,32)(H2,27,29,30);1H. The Balaban J connectivity index is 0.00000385. The summed E-state index contributed by atoms with van der Waals surface area (Å²) in [5.41, 5.74) is 2.23. The van der Waals surface area contributed by atoms with Gasteiger partial charge in [-0.2, -0.15) is 13.2 Å². The van der Waals surface area contributed by atoms with Gasteiger partial charge in [0, 0.05) is 31.9 Å². The first-order valence-electron chi connectivity index (χ1n) is 10.6. The van der Waals surface area contributed by atoms with Crippen LogP contribution in [-0.4, -0.2) is 44.6 Å². The molecular weight excluding hydrogens is 546 g/mol. The van der Waals surface area contributed by atoms with Gasteiger partial charge < -0.3 is 20.9 Å². The predicted molar refractivity (Wildman–Crippen MR) is 135 cm³/mol. The summed E-state index contributed by atoms with van der Waals surface area (Å²) < 4.78 is 38.0. The summed E-state index contributed by atoms with van der Waals surface area (Å²) in [6.07, 6.45) is -3.73. The SMILES string of the molecule is CCNC(=NCc1ccc(N2CCNC(=O)C2)cc1)NCCc1ccc(C(F)(F)F)cc1.I. The molecule has 33 heavy (non-hydrogen) atoms. The number of aliphatic imine (C=N–C) groups is 1. The molecule has 0 aromatic heterocycles. The minimum atomic E-state index is -4.32. The monoisotopic (exact) mass is 575 g/mol. The lowest BCUT2D eigenvalue weighted by atomic mass is 10.1. The summed E-state index contributed by atoms with van der Waals surface area (Å²) in [4.78, 5) is 18.2. The van der Waals surface area contributed by atoms with Gasteiger partial charge in [-0.1, -0.05) is 24.3 Å². The molecule has 1 amide bonds. The molecule has 2 aromatic rings. The van der Waals surface area contributed by atoms with E-state index in [0.717, 1.165) is 35.5 Å². The minimum Gasteiger partial charge on any atom is -0.360 e. The third kappa shape index (κ3) is 8.41. The number of piperazine rings is 1. The summed E-state index contributed by atoms with van der Waals surface area (Å²) in [6.45, 7) is 5.50. The number of halogens is 4. The zero-order valence-electron chi connectivity index (χ0n) is 18.4. The zero-order chi connectivity index (χ0) is 23.0. The Kier molecular flexibility index (Phi) is 10.3. The Morgan fingerprint density at radius 3 is 2.33 bits per heavy atom. The molecule has 1 fully saturated rings. The molecule has 3 N–H and O–H groups in total. The van der Waals surface area contributed by atoms with Crippen LogP contribution in [0.5, 0.6) is 0 Å². The lowest BCUT2D eigenvalue weighted by Gasteiger charge is -2.28. The van der Waals surface area contributed by atoms with Crippen molar-refractivity contribution in [1.82, 2.24) is 16.0 Å². The molecule has 0 radical (unpaired) electrons. The van der Waals surface area contributed by atoms with Crippen LogP contribution >= 0.6 is 24.0 Å². The summed E-state index contributed by atoms with van der Waals surface area (Å²) in [5, 5.41) is 9.21. The van der Waals surface area contributed by atoms with Crippen LogP contribution in [0, 0.1) is 0 Å². The number of nitrogens with zero attached hydrogens (tertiary/aromatic N) is 2. The van der Waals surface area contributed by atoms with Gasteiger partial charge in [0.1, 0.15) is 0 Å². The number of rotatable bonds is 7. The van der Waals surface area contributed by atoms with Crippen LogP contribution in [0.25, 0.3) is 0 Å². The van der Waals surface area contributed by atoms with E-state index in [4.69, 9.17) is 0 Å². The second-order valence-electron chi connectivity index (χ2n) is 7.50. The van der Waals surface area contributed by atoms with E-state index >= 15 is 0 Å². The Morgan fingerprint density at radius 2 is 1.73 bits per heavy atom. The maximum atomic E-state index is 12.7. The highest BCUT2D eigenvalue weighted by molar-refractivity contribution is 14.0. The van der Waals surface area contributed by atoms with Crippen LogP contribution in [-0.2, 0) is 23.9 Å². The number of alkyl halides is 3. The number of carbonyl (C=O) groups is 1. The first kappa shape index (κ1) is 26.7. The minimum absolute atomic E-state index is 0. The van der Waals surface area contributed by atoms with E-state index in [-0.39, 0.29) is 29.9 Å². The highest BCUT2D eigenvalue weighted by Crippen LogP contribution is 2.29. The summed E-state index contributed by atoms with van der Waals surface area (Å²) >= 11 is 0. The summed E-state index contributed by atoms with van der Waals surface area (Å²) in [7, 11) is 0. The summed E-state index contributed by atoms with van der Waals surface area (Å²) in [6, 6.07) is 13.2. The molecule has 1 heterocycles. The van der Waals surface area contributed by atoms with Crippen LogP contribution < -0.4 is 20.9 Å². The molecule has 1 aliphatic rings. The molecule has 0 atom stereocenters. The van der Waals surface area contributed by atoms with Crippen molar-refractivity contribution in [2.24, 2.45) is 4.99 Å². The van der Waals surface area contributed by atoms with E-state index in [0.29, 0.717) is 45.1 Å². The van der Waals surface area contributed by atoms with E-state index in [9.17, 15) is 18.0 Å². The Morgan fingerprint density at radius 1 is 1.06 bits per heavy atom. The average molecular weight is 575 g/mol. The maximum Gasteiger partial charge on any atom is 0.416 e.